The monoisotopic (exact) mass is 472 g/mol. The molecular weight excluding hydrogens is 453 g/mol. The maximum absolute atomic E-state index is 13.8. The molecule has 0 spiro atoms. The van der Waals surface area contributed by atoms with Gasteiger partial charge in [-0.2, -0.15) is 0 Å². The van der Waals surface area contributed by atoms with E-state index in [0.29, 0.717) is 33.7 Å². The van der Waals surface area contributed by atoms with Crippen LogP contribution < -0.4 is 10.9 Å². The number of nitrogens with zero attached hydrogens (tertiary/aromatic N) is 2. The first-order chi connectivity index (χ1) is 15.9. The van der Waals surface area contributed by atoms with Gasteiger partial charge in [0.05, 0.1) is 18.5 Å². The number of rotatable bonds is 7. The van der Waals surface area contributed by atoms with Crippen LogP contribution in [0.3, 0.4) is 0 Å². The van der Waals surface area contributed by atoms with E-state index in [9.17, 15) is 22.8 Å². The van der Waals surface area contributed by atoms with Gasteiger partial charge in [-0.25, -0.2) is 18.2 Å². The first kappa shape index (κ1) is 22.7. The average Bonchev–Trinajstić information content (AvgIpc) is 3.21. The number of amides is 1. The Bertz CT molecular complexity index is 1350. The van der Waals surface area contributed by atoms with E-state index in [1.54, 1.807) is 22.4 Å². The van der Waals surface area contributed by atoms with Crippen LogP contribution in [-0.4, -0.2) is 33.9 Å². The standard InChI is InChI=1S/C23H19F3N4O2S/c1-2-30(11-19(31)29-21-16(25)4-3-5-17(21)26)10-18-27-22(32)20-15(12-33-23(20)28-18)13-6-8-14(24)9-7-13/h3-9,12H,2,10-11H2,1H3,(H,29,31)(H,27,28,32). The number of anilines is 1. The number of likely N-dealkylation sites (N-methyl/N-ethyl adjacent to an activating group) is 1. The molecule has 0 fully saturated rings. The molecule has 2 aromatic carbocycles. The number of hydrogen-bond donors (Lipinski definition) is 2. The molecule has 0 aliphatic carbocycles. The Balaban J connectivity index is 1.52. The number of hydrogen-bond acceptors (Lipinski definition) is 5. The summed E-state index contributed by atoms with van der Waals surface area (Å²) in [5, 5.41) is 4.45. The smallest absolute Gasteiger partial charge is 0.260 e. The van der Waals surface area contributed by atoms with Crippen LogP contribution in [-0.2, 0) is 11.3 Å². The molecule has 0 radical (unpaired) electrons. The van der Waals surface area contributed by atoms with Gasteiger partial charge >= 0.3 is 0 Å². The molecule has 1 amide bonds. The molecule has 4 rings (SSSR count). The largest absolute Gasteiger partial charge is 0.320 e. The van der Waals surface area contributed by atoms with Gasteiger partial charge < -0.3 is 10.3 Å². The van der Waals surface area contributed by atoms with E-state index in [1.807, 2.05) is 6.92 Å². The average molecular weight is 472 g/mol. The van der Waals surface area contributed by atoms with Crippen molar-refractivity contribution in [3.63, 3.8) is 0 Å². The number of halogens is 3. The summed E-state index contributed by atoms with van der Waals surface area (Å²) in [6, 6.07) is 9.17. The minimum atomic E-state index is -0.863. The number of benzene rings is 2. The lowest BCUT2D eigenvalue weighted by Gasteiger charge is -2.19. The van der Waals surface area contributed by atoms with Gasteiger partial charge in [0, 0.05) is 10.9 Å². The second-order valence-corrected chi connectivity index (χ2v) is 8.16. The van der Waals surface area contributed by atoms with Crippen molar-refractivity contribution in [1.82, 2.24) is 14.9 Å². The molecule has 2 heterocycles. The molecule has 0 atom stereocenters. The van der Waals surface area contributed by atoms with Gasteiger partial charge in [0.2, 0.25) is 5.91 Å². The minimum absolute atomic E-state index is 0.151. The van der Waals surface area contributed by atoms with Crippen LogP contribution in [0.25, 0.3) is 21.3 Å². The predicted molar refractivity (Wildman–Crippen MR) is 122 cm³/mol. The quantitative estimate of drug-likeness (QED) is 0.414. The second kappa shape index (κ2) is 9.55. The van der Waals surface area contributed by atoms with E-state index in [1.165, 1.54) is 29.5 Å². The number of H-pyrrole nitrogens is 1. The molecule has 2 N–H and O–H groups in total. The van der Waals surface area contributed by atoms with E-state index in [2.05, 4.69) is 15.3 Å². The summed E-state index contributed by atoms with van der Waals surface area (Å²) in [5.74, 6) is -2.34. The molecule has 2 aromatic heterocycles. The maximum Gasteiger partial charge on any atom is 0.260 e. The highest BCUT2D eigenvalue weighted by Gasteiger charge is 2.17. The molecule has 0 aliphatic heterocycles. The molecule has 0 bridgehead atoms. The van der Waals surface area contributed by atoms with Gasteiger partial charge in [-0.05, 0) is 36.4 Å². The summed E-state index contributed by atoms with van der Waals surface area (Å²) in [6.07, 6.45) is 0. The molecule has 4 aromatic rings. The van der Waals surface area contributed by atoms with Crippen molar-refractivity contribution in [2.45, 2.75) is 13.5 Å². The third-order valence-electron chi connectivity index (χ3n) is 5.06. The number of aromatic nitrogens is 2. The number of nitrogens with one attached hydrogen (secondary N) is 2. The van der Waals surface area contributed by atoms with Crippen molar-refractivity contribution < 1.29 is 18.0 Å². The normalized spacial score (nSPS) is 11.3. The zero-order chi connectivity index (χ0) is 23.5. The van der Waals surface area contributed by atoms with E-state index >= 15 is 0 Å². The van der Waals surface area contributed by atoms with Crippen molar-refractivity contribution in [3.8, 4) is 11.1 Å². The lowest BCUT2D eigenvalue weighted by molar-refractivity contribution is -0.117. The van der Waals surface area contributed by atoms with E-state index in [-0.39, 0.29) is 24.5 Å². The Labute approximate surface area is 190 Å². The summed E-state index contributed by atoms with van der Waals surface area (Å²) < 4.78 is 40.8. The third-order valence-corrected chi connectivity index (χ3v) is 5.94. The molecule has 0 saturated carbocycles. The Morgan fingerprint density at radius 2 is 1.82 bits per heavy atom. The number of aromatic amines is 1. The highest BCUT2D eigenvalue weighted by Crippen LogP contribution is 2.30. The summed E-state index contributed by atoms with van der Waals surface area (Å²) in [6.45, 7) is 2.24. The lowest BCUT2D eigenvalue weighted by Crippen LogP contribution is -2.34. The molecule has 0 unspecified atom stereocenters. The first-order valence-corrected chi connectivity index (χ1v) is 11.0. The van der Waals surface area contributed by atoms with Crippen molar-refractivity contribution >= 4 is 33.1 Å². The van der Waals surface area contributed by atoms with Crippen molar-refractivity contribution in [2.24, 2.45) is 0 Å². The lowest BCUT2D eigenvalue weighted by atomic mass is 10.1. The summed E-state index contributed by atoms with van der Waals surface area (Å²) >= 11 is 1.29. The van der Waals surface area contributed by atoms with Gasteiger partial charge in [0.1, 0.15) is 33.8 Å². The third kappa shape index (κ3) is 4.96. The second-order valence-electron chi connectivity index (χ2n) is 7.30. The zero-order valence-corrected chi connectivity index (χ0v) is 18.3. The number of carbonyl (C=O) groups excluding carboxylic acids is 1. The van der Waals surface area contributed by atoms with Gasteiger partial charge in [-0.3, -0.25) is 14.5 Å². The molecule has 170 valence electrons. The van der Waals surface area contributed by atoms with Crippen molar-refractivity contribution in [1.29, 1.82) is 0 Å². The number of carbonyl (C=O) groups is 1. The van der Waals surface area contributed by atoms with Gasteiger partial charge in [0.15, 0.2) is 0 Å². The first-order valence-electron chi connectivity index (χ1n) is 10.1. The van der Waals surface area contributed by atoms with E-state index in [4.69, 9.17) is 0 Å². The number of para-hydroxylation sites is 1. The van der Waals surface area contributed by atoms with Gasteiger partial charge in [-0.1, -0.05) is 25.1 Å². The molecule has 6 nitrogen and oxygen atoms in total. The van der Waals surface area contributed by atoms with Crippen LogP contribution in [0.4, 0.5) is 18.9 Å². The van der Waals surface area contributed by atoms with Crippen LogP contribution in [0.5, 0.6) is 0 Å². The van der Waals surface area contributed by atoms with Crippen LogP contribution >= 0.6 is 11.3 Å². The maximum atomic E-state index is 13.8. The Kier molecular flexibility index (Phi) is 6.57. The fourth-order valence-corrected chi connectivity index (χ4v) is 4.37. The van der Waals surface area contributed by atoms with Crippen molar-refractivity contribution in [2.75, 3.05) is 18.4 Å². The van der Waals surface area contributed by atoms with Crippen LogP contribution in [0.1, 0.15) is 12.7 Å². The van der Waals surface area contributed by atoms with Gasteiger partial charge in [0.25, 0.3) is 5.56 Å². The molecule has 10 heteroatoms. The molecular formula is C23H19F3N4O2S. The Morgan fingerprint density at radius 1 is 1.12 bits per heavy atom. The molecule has 0 saturated heterocycles. The minimum Gasteiger partial charge on any atom is -0.320 e. The van der Waals surface area contributed by atoms with E-state index in [0.717, 1.165) is 12.1 Å². The fraction of sp³-hybridized carbons (Fsp3) is 0.174. The molecule has 0 aliphatic rings. The summed E-state index contributed by atoms with van der Waals surface area (Å²) in [4.78, 5) is 34.6. The highest BCUT2D eigenvalue weighted by atomic mass is 32.1. The van der Waals surface area contributed by atoms with Crippen LogP contribution in [0.2, 0.25) is 0 Å². The summed E-state index contributed by atoms with van der Waals surface area (Å²) in [5.41, 5.74) is 0.520. The Morgan fingerprint density at radius 3 is 2.48 bits per heavy atom. The number of fused-ring (bicyclic) bond motifs is 1. The fourth-order valence-electron chi connectivity index (χ4n) is 3.40. The predicted octanol–water partition coefficient (Wildman–Crippen LogP) is 4.53. The topological polar surface area (TPSA) is 78.1 Å². The van der Waals surface area contributed by atoms with Crippen molar-refractivity contribution in [3.05, 3.63) is 81.5 Å². The van der Waals surface area contributed by atoms with E-state index < -0.39 is 23.2 Å². The molecule has 33 heavy (non-hydrogen) atoms. The zero-order valence-electron chi connectivity index (χ0n) is 17.5. The van der Waals surface area contributed by atoms with Crippen LogP contribution in [0, 0.1) is 17.5 Å². The number of thiophene rings is 1. The van der Waals surface area contributed by atoms with Crippen LogP contribution in [0.15, 0.2) is 52.6 Å². The Hall–Kier alpha value is -3.50. The van der Waals surface area contributed by atoms with Gasteiger partial charge in [-0.15, -0.1) is 11.3 Å². The summed E-state index contributed by atoms with van der Waals surface area (Å²) in [7, 11) is 0. The highest BCUT2D eigenvalue weighted by molar-refractivity contribution is 7.17. The SMILES string of the molecule is CCN(CC(=O)Nc1c(F)cccc1F)Cc1nc2scc(-c3ccc(F)cc3)c2c(=O)[nH]1.